The van der Waals surface area contributed by atoms with Crippen molar-refractivity contribution in [2.75, 3.05) is 6.61 Å². The molecule has 4 heteroatoms. The summed E-state index contributed by atoms with van der Waals surface area (Å²) < 4.78 is 5.58. The normalized spacial score (nSPS) is 10.2. The molecule has 0 aliphatic carbocycles. The third kappa shape index (κ3) is 2.48. The van der Waals surface area contributed by atoms with E-state index in [-0.39, 0.29) is 5.69 Å². The SMILES string of the molecule is C=CCCOc1cc(C(=O)O)nc2ccccc12. The minimum Gasteiger partial charge on any atom is -0.492 e. The third-order valence-corrected chi connectivity index (χ3v) is 2.48. The minimum absolute atomic E-state index is 0.0118. The van der Waals surface area contributed by atoms with Gasteiger partial charge in [-0.25, -0.2) is 9.78 Å². The highest BCUT2D eigenvalue weighted by Gasteiger charge is 2.11. The van der Waals surface area contributed by atoms with Gasteiger partial charge in [0.1, 0.15) is 5.75 Å². The second-order valence-corrected chi connectivity index (χ2v) is 3.75. The second-order valence-electron chi connectivity index (χ2n) is 3.75. The largest absolute Gasteiger partial charge is 0.492 e. The van der Waals surface area contributed by atoms with Crippen LogP contribution in [0.2, 0.25) is 0 Å². The summed E-state index contributed by atoms with van der Waals surface area (Å²) in [6, 6.07) is 8.76. The van der Waals surface area contributed by atoms with Gasteiger partial charge in [-0.05, 0) is 18.6 Å². The van der Waals surface area contributed by atoms with Crippen LogP contribution in [-0.2, 0) is 0 Å². The molecule has 1 aromatic carbocycles. The summed E-state index contributed by atoms with van der Waals surface area (Å²) in [6.07, 6.45) is 2.46. The lowest BCUT2D eigenvalue weighted by atomic mass is 10.2. The van der Waals surface area contributed by atoms with E-state index in [1.54, 1.807) is 12.1 Å². The first kappa shape index (κ1) is 12.1. The number of nitrogens with zero attached hydrogens (tertiary/aromatic N) is 1. The minimum atomic E-state index is -1.06. The Balaban J connectivity index is 2.46. The van der Waals surface area contributed by atoms with Crippen LogP contribution in [0.25, 0.3) is 10.9 Å². The van der Waals surface area contributed by atoms with Gasteiger partial charge in [0.25, 0.3) is 0 Å². The van der Waals surface area contributed by atoms with Gasteiger partial charge in [0.05, 0.1) is 12.1 Å². The van der Waals surface area contributed by atoms with Crippen LogP contribution in [0.4, 0.5) is 0 Å². The Hall–Kier alpha value is -2.36. The van der Waals surface area contributed by atoms with Crippen LogP contribution in [0.1, 0.15) is 16.9 Å². The van der Waals surface area contributed by atoms with E-state index in [4.69, 9.17) is 9.84 Å². The maximum Gasteiger partial charge on any atom is 0.354 e. The monoisotopic (exact) mass is 243 g/mol. The first-order valence-electron chi connectivity index (χ1n) is 5.59. The van der Waals surface area contributed by atoms with Crippen LogP contribution in [0.15, 0.2) is 43.0 Å². The van der Waals surface area contributed by atoms with Crippen molar-refractivity contribution in [2.24, 2.45) is 0 Å². The Morgan fingerprint density at radius 1 is 1.44 bits per heavy atom. The molecule has 0 bridgehead atoms. The number of pyridine rings is 1. The molecular weight excluding hydrogens is 230 g/mol. The lowest BCUT2D eigenvalue weighted by molar-refractivity contribution is 0.0690. The van der Waals surface area contributed by atoms with Crippen molar-refractivity contribution < 1.29 is 14.6 Å². The number of rotatable bonds is 5. The zero-order valence-electron chi connectivity index (χ0n) is 9.80. The summed E-state index contributed by atoms with van der Waals surface area (Å²) in [5.74, 6) is -0.519. The summed E-state index contributed by atoms with van der Waals surface area (Å²) in [4.78, 5) is 15.1. The van der Waals surface area contributed by atoms with Crippen LogP contribution in [-0.4, -0.2) is 22.7 Å². The number of fused-ring (bicyclic) bond motifs is 1. The van der Waals surface area contributed by atoms with Crippen LogP contribution in [0.3, 0.4) is 0 Å². The molecule has 1 heterocycles. The average Bonchev–Trinajstić information content (AvgIpc) is 2.38. The molecule has 0 amide bonds. The molecule has 0 aliphatic heterocycles. The number of hydrogen-bond acceptors (Lipinski definition) is 3. The molecule has 1 aromatic heterocycles. The molecule has 0 aliphatic rings. The van der Waals surface area contributed by atoms with Crippen molar-refractivity contribution in [3.63, 3.8) is 0 Å². The summed E-state index contributed by atoms with van der Waals surface area (Å²) >= 11 is 0. The van der Waals surface area contributed by atoms with Crippen molar-refractivity contribution in [3.8, 4) is 5.75 Å². The van der Waals surface area contributed by atoms with Gasteiger partial charge in [-0.1, -0.05) is 18.2 Å². The maximum atomic E-state index is 11.0. The fourth-order valence-corrected chi connectivity index (χ4v) is 1.62. The third-order valence-electron chi connectivity index (χ3n) is 2.48. The Kier molecular flexibility index (Phi) is 3.57. The number of para-hydroxylation sites is 1. The Morgan fingerprint density at radius 3 is 2.94 bits per heavy atom. The molecule has 4 nitrogen and oxygen atoms in total. The van der Waals surface area contributed by atoms with Crippen molar-refractivity contribution in [1.29, 1.82) is 0 Å². The zero-order valence-corrected chi connectivity index (χ0v) is 9.80. The second kappa shape index (κ2) is 5.31. The van der Waals surface area contributed by atoms with E-state index in [1.165, 1.54) is 6.07 Å². The number of aromatic nitrogens is 1. The van der Waals surface area contributed by atoms with Gasteiger partial charge in [0, 0.05) is 11.5 Å². The van der Waals surface area contributed by atoms with E-state index in [2.05, 4.69) is 11.6 Å². The molecule has 0 spiro atoms. The molecule has 0 atom stereocenters. The summed E-state index contributed by atoms with van der Waals surface area (Å²) in [6.45, 7) is 4.08. The van der Waals surface area contributed by atoms with Gasteiger partial charge in [0.2, 0.25) is 0 Å². The van der Waals surface area contributed by atoms with E-state index in [1.807, 2.05) is 18.2 Å². The van der Waals surface area contributed by atoms with Crippen molar-refractivity contribution >= 4 is 16.9 Å². The van der Waals surface area contributed by atoms with E-state index in [9.17, 15) is 4.79 Å². The zero-order chi connectivity index (χ0) is 13.0. The van der Waals surface area contributed by atoms with E-state index in [0.717, 1.165) is 5.39 Å². The standard InChI is InChI=1S/C14H13NO3/c1-2-3-8-18-13-9-12(14(16)17)15-11-7-5-4-6-10(11)13/h2,4-7,9H,1,3,8H2,(H,16,17). The van der Waals surface area contributed by atoms with Gasteiger partial charge in [-0.3, -0.25) is 0 Å². The molecule has 0 saturated heterocycles. The molecule has 0 fully saturated rings. The van der Waals surface area contributed by atoms with Gasteiger partial charge >= 0.3 is 5.97 Å². The number of carboxylic acids is 1. The molecule has 2 aromatic rings. The lowest BCUT2D eigenvalue weighted by Gasteiger charge is -2.09. The quantitative estimate of drug-likeness (QED) is 0.648. The highest BCUT2D eigenvalue weighted by Crippen LogP contribution is 2.25. The Morgan fingerprint density at radius 2 is 2.22 bits per heavy atom. The smallest absolute Gasteiger partial charge is 0.354 e. The van der Waals surface area contributed by atoms with Crippen LogP contribution >= 0.6 is 0 Å². The number of carboxylic acid groups (broad SMARTS) is 1. The molecule has 92 valence electrons. The first-order valence-corrected chi connectivity index (χ1v) is 5.59. The fourth-order valence-electron chi connectivity index (χ4n) is 1.62. The summed E-state index contributed by atoms with van der Waals surface area (Å²) in [7, 11) is 0. The van der Waals surface area contributed by atoms with Crippen molar-refractivity contribution in [3.05, 3.63) is 48.7 Å². The van der Waals surface area contributed by atoms with Gasteiger partial charge in [-0.2, -0.15) is 0 Å². The number of aromatic carboxylic acids is 1. The Labute approximate surface area is 105 Å². The number of hydrogen-bond donors (Lipinski definition) is 1. The number of carbonyl (C=O) groups is 1. The Bertz CT molecular complexity index is 593. The topological polar surface area (TPSA) is 59.4 Å². The van der Waals surface area contributed by atoms with Crippen molar-refractivity contribution in [2.45, 2.75) is 6.42 Å². The van der Waals surface area contributed by atoms with E-state index >= 15 is 0 Å². The van der Waals surface area contributed by atoms with Crippen LogP contribution in [0.5, 0.6) is 5.75 Å². The summed E-state index contributed by atoms with van der Waals surface area (Å²) in [5, 5.41) is 9.82. The highest BCUT2D eigenvalue weighted by atomic mass is 16.5. The predicted molar refractivity (Wildman–Crippen MR) is 69.0 cm³/mol. The van der Waals surface area contributed by atoms with Crippen LogP contribution < -0.4 is 4.74 Å². The molecule has 1 N–H and O–H groups in total. The van der Waals surface area contributed by atoms with Gasteiger partial charge in [-0.15, -0.1) is 6.58 Å². The van der Waals surface area contributed by atoms with Crippen LogP contribution in [0, 0.1) is 0 Å². The number of ether oxygens (including phenoxy) is 1. The molecule has 0 radical (unpaired) electrons. The number of benzene rings is 1. The molecule has 18 heavy (non-hydrogen) atoms. The molecule has 0 unspecified atom stereocenters. The lowest BCUT2D eigenvalue weighted by Crippen LogP contribution is -2.03. The highest BCUT2D eigenvalue weighted by molar-refractivity contribution is 5.93. The summed E-state index contributed by atoms with van der Waals surface area (Å²) in [5.41, 5.74) is 0.605. The predicted octanol–water partition coefficient (Wildman–Crippen LogP) is 2.89. The van der Waals surface area contributed by atoms with E-state index < -0.39 is 5.97 Å². The van der Waals surface area contributed by atoms with Gasteiger partial charge in [0.15, 0.2) is 5.69 Å². The van der Waals surface area contributed by atoms with Gasteiger partial charge < -0.3 is 9.84 Å². The molecule has 2 rings (SSSR count). The molecule has 0 saturated carbocycles. The maximum absolute atomic E-state index is 11.0. The first-order chi connectivity index (χ1) is 8.72. The van der Waals surface area contributed by atoms with E-state index in [0.29, 0.717) is 24.3 Å². The average molecular weight is 243 g/mol. The van der Waals surface area contributed by atoms with Crippen molar-refractivity contribution in [1.82, 2.24) is 4.98 Å². The fraction of sp³-hybridized carbons (Fsp3) is 0.143. The molecular formula is C14H13NO3.